The van der Waals surface area contributed by atoms with Gasteiger partial charge < -0.3 is 29.4 Å². The fourth-order valence-corrected chi connectivity index (χ4v) is 3.51. The summed E-state index contributed by atoms with van der Waals surface area (Å²) in [5, 5.41) is 5.18. The third-order valence-corrected chi connectivity index (χ3v) is 4.98. The third kappa shape index (κ3) is 4.81. The van der Waals surface area contributed by atoms with Crippen molar-refractivity contribution in [2.24, 2.45) is 5.92 Å². The largest absolute Gasteiger partial charge is 0.467 e. The molecular formula is C20H25N3O7. The van der Waals surface area contributed by atoms with E-state index in [0.717, 1.165) is 0 Å². The Bertz CT molecular complexity index is 847. The number of hydrogen-bond donors (Lipinski definition) is 2. The summed E-state index contributed by atoms with van der Waals surface area (Å²) in [5.74, 6) is -1.31. The molecule has 162 valence electrons. The number of furan rings is 1. The summed E-state index contributed by atoms with van der Waals surface area (Å²) in [6.45, 7) is 3.88. The van der Waals surface area contributed by atoms with Gasteiger partial charge in [0, 0.05) is 13.0 Å². The molecule has 0 radical (unpaired) electrons. The van der Waals surface area contributed by atoms with Crippen LogP contribution in [0.2, 0.25) is 0 Å². The van der Waals surface area contributed by atoms with Gasteiger partial charge in [0.1, 0.15) is 12.4 Å². The molecule has 0 aromatic carbocycles. The number of hydrogen-bond acceptors (Lipinski definition) is 7. The highest BCUT2D eigenvalue weighted by atomic mass is 16.5. The van der Waals surface area contributed by atoms with Gasteiger partial charge in [-0.1, -0.05) is 6.92 Å². The van der Waals surface area contributed by atoms with E-state index in [4.69, 9.17) is 13.9 Å². The van der Waals surface area contributed by atoms with E-state index in [9.17, 15) is 19.2 Å². The van der Waals surface area contributed by atoms with E-state index in [1.807, 2.05) is 6.92 Å². The van der Waals surface area contributed by atoms with Gasteiger partial charge in [0.05, 0.1) is 42.6 Å². The zero-order chi connectivity index (χ0) is 21.7. The molecule has 1 aromatic rings. The fraction of sp³-hybridized carbons (Fsp3) is 0.500. The van der Waals surface area contributed by atoms with Gasteiger partial charge in [-0.05, 0) is 25.5 Å². The van der Waals surface area contributed by atoms with Crippen LogP contribution in [0.15, 0.2) is 34.1 Å². The van der Waals surface area contributed by atoms with Gasteiger partial charge in [-0.25, -0.2) is 9.59 Å². The minimum absolute atomic E-state index is 0.0365. The summed E-state index contributed by atoms with van der Waals surface area (Å²) >= 11 is 0. The smallest absolute Gasteiger partial charge is 0.338 e. The highest BCUT2D eigenvalue weighted by Gasteiger charge is 2.37. The number of carbonyl (C=O) groups excluding carboxylic acids is 4. The molecular weight excluding hydrogens is 394 g/mol. The molecule has 1 fully saturated rings. The van der Waals surface area contributed by atoms with E-state index in [1.54, 1.807) is 19.1 Å². The second-order valence-corrected chi connectivity index (χ2v) is 7.03. The fourth-order valence-electron chi connectivity index (χ4n) is 3.51. The summed E-state index contributed by atoms with van der Waals surface area (Å²) in [4.78, 5) is 50.5. The lowest BCUT2D eigenvalue weighted by Gasteiger charge is -2.28. The van der Waals surface area contributed by atoms with Crippen LogP contribution in [0.5, 0.6) is 0 Å². The van der Waals surface area contributed by atoms with Gasteiger partial charge in [0.15, 0.2) is 0 Å². The van der Waals surface area contributed by atoms with Crippen molar-refractivity contribution >= 4 is 23.9 Å². The maximum Gasteiger partial charge on any atom is 0.338 e. The van der Waals surface area contributed by atoms with Crippen molar-refractivity contribution in [3.63, 3.8) is 0 Å². The molecule has 10 heteroatoms. The quantitative estimate of drug-likeness (QED) is 0.604. The molecule has 10 nitrogen and oxygen atoms in total. The van der Waals surface area contributed by atoms with Crippen LogP contribution < -0.4 is 10.6 Å². The Labute approximate surface area is 173 Å². The topological polar surface area (TPSA) is 127 Å². The Morgan fingerprint density at radius 3 is 2.73 bits per heavy atom. The van der Waals surface area contributed by atoms with E-state index >= 15 is 0 Å². The first kappa shape index (κ1) is 21.4. The number of amides is 3. The molecule has 1 aromatic heterocycles. The molecule has 1 saturated heterocycles. The molecule has 3 heterocycles. The maximum atomic E-state index is 12.5. The van der Waals surface area contributed by atoms with Crippen LogP contribution in [0.3, 0.4) is 0 Å². The SMILES string of the molecule is CCOC(=O)C1=C(COC(=O)[C@@H]2CC(=O)N(Cc3ccco3)C2)NC(=O)N[C@H]1CC. The average molecular weight is 419 g/mol. The van der Waals surface area contributed by atoms with Gasteiger partial charge in [-0.15, -0.1) is 0 Å². The minimum atomic E-state index is -0.626. The van der Waals surface area contributed by atoms with Crippen LogP contribution in [0.4, 0.5) is 4.79 Å². The number of ether oxygens (including phenoxy) is 2. The summed E-state index contributed by atoms with van der Waals surface area (Å²) in [6, 6.07) is 2.46. The van der Waals surface area contributed by atoms with Gasteiger partial charge in [0.25, 0.3) is 0 Å². The molecule has 2 aliphatic rings. The number of esters is 2. The van der Waals surface area contributed by atoms with E-state index in [-0.39, 0.29) is 49.9 Å². The molecule has 3 rings (SSSR count). The summed E-state index contributed by atoms with van der Waals surface area (Å²) in [7, 11) is 0. The molecule has 0 unspecified atom stereocenters. The first-order chi connectivity index (χ1) is 14.4. The van der Waals surface area contributed by atoms with Gasteiger partial charge >= 0.3 is 18.0 Å². The van der Waals surface area contributed by atoms with Gasteiger partial charge in [-0.3, -0.25) is 9.59 Å². The van der Waals surface area contributed by atoms with Crippen molar-refractivity contribution in [1.82, 2.24) is 15.5 Å². The first-order valence-corrected chi connectivity index (χ1v) is 9.87. The van der Waals surface area contributed by atoms with E-state index in [0.29, 0.717) is 12.2 Å². The Hall–Kier alpha value is -3.30. The lowest BCUT2D eigenvalue weighted by molar-refractivity contribution is -0.148. The molecule has 2 atom stereocenters. The second kappa shape index (κ2) is 9.47. The molecule has 2 aliphatic heterocycles. The van der Waals surface area contributed by atoms with Crippen molar-refractivity contribution in [1.29, 1.82) is 0 Å². The second-order valence-electron chi connectivity index (χ2n) is 7.03. The number of likely N-dealkylation sites (tertiary alicyclic amines) is 1. The number of nitrogens with zero attached hydrogens (tertiary/aromatic N) is 1. The molecule has 3 amide bonds. The predicted octanol–water partition coefficient (Wildman–Crippen LogP) is 1.08. The minimum Gasteiger partial charge on any atom is -0.467 e. The number of urea groups is 1. The van der Waals surface area contributed by atoms with Crippen molar-refractivity contribution < 1.29 is 33.1 Å². The Morgan fingerprint density at radius 1 is 1.27 bits per heavy atom. The predicted molar refractivity (Wildman–Crippen MR) is 103 cm³/mol. The normalized spacial score (nSPS) is 21.3. The van der Waals surface area contributed by atoms with Crippen molar-refractivity contribution in [2.45, 2.75) is 39.3 Å². The Balaban J connectivity index is 1.65. The number of carbonyl (C=O) groups is 4. The lowest BCUT2D eigenvalue weighted by Crippen LogP contribution is -2.51. The summed E-state index contributed by atoms with van der Waals surface area (Å²) in [5.41, 5.74) is 0.419. The highest BCUT2D eigenvalue weighted by molar-refractivity contribution is 5.95. The lowest BCUT2D eigenvalue weighted by atomic mass is 10.0. The summed E-state index contributed by atoms with van der Waals surface area (Å²) < 4.78 is 15.7. The van der Waals surface area contributed by atoms with E-state index < -0.39 is 29.9 Å². The van der Waals surface area contributed by atoms with Crippen molar-refractivity contribution in [3.8, 4) is 0 Å². The highest BCUT2D eigenvalue weighted by Crippen LogP contribution is 2.23. The zero-order valence-corrected chi connectivity index (χ0v) is 16.9. The van der Waals surface area contributed by atoms with E-state index in [2.05, 4.69) is 10.6 Å². The van der Waals surface area contributed by atoms with Crippen molar-refractivity contribution in [3.05, 3.63) is 35.4 Å². The van der Waals surface area contributed by atoms with Crippen LogP contribution in [-0.4, -0.2) is 54.6 Å². The molecule has 0 saturated carbocycles. The number of rotatable bonds is 8. The first-order valence-electron chi connectivity index (χ1n) is 9.87. The van der Waals surface area contributed by atoms with Crippen LogP contribution in [0, 0.1) is 5.92 Å². The van der Waals surface area contributed by atoms with Gasteiger partial charge in [-0.2, -0.15) is 0 Å². The molecule has 0 spiro atoms. The van der Waals surface area contributed by atoms with Crippen LogP contribution in [0.25, 0.3) is 0 Å². The standard InChI is InChI=1S/C20H25N3O7/c1-3-14-17(19(26)28-4-2)15(22-20(27)21-14)11-30-18(25)12-8-16(24)23(9-12)10-13-6-5-7-29-13/h5-7,12,14H,3-4,8-11H2,1-2H3,(H2,21,22,27)/t12-,14+/m1/s1. The van der Waals surface area contributed by atoms with Crippen LogP contribution >= 0.6 is 0 Å². The molecule has 0 bridgehead atoms. The van der Waals surface area contributed by atoms with Crippen LogP contribution in [-0.2, 0) is 30.4 Å². The van der Waals surface area contributed by atoms with Crippen molar-refractivity contribution in [2.75, 3.05) is 19.8 Å². The molecule has 0 aliphatic carbocycles. The maximum absolute atomic E-state index is 12.5. The monoisotopic (exact) mass is 419 g/mol. The van der Waals surface area contributed by atoms with Gasteiger partial charge in [0.2, 0.25) is 5.91 Å². The Kier molecular flexibility index (Phi) is 6.76. The molecule has 30 heavy (non-hydrogen) atoms. The zero-order valence-electron chi connectivity index (χ0n) is 16.9. The van der Waals surface area contributed by atoms with Crippen LogP contribution in [0.1, 0.15) is 32.4 Å². The number of nitrogens with one attached hydrogen (secondary N) is 2. The third-order valence-electron chi connectivity index (χ3n) is 4.98. The van der Waals surface area contributed by atoms with E-state index in [1.165, 1.54) is 11.2 Å². The molecule has 2 N–H and O–H groups in total. The average Bonchev–Trinajstić information content (AvgIpc) is 3.36. The Morgan fingerprint density at radius 2 is 2.07 bits per heavy atom. The summed E-state index contributed by atoms with van der Waals surface area (Å²) in [6.07, 6.45) is 2.03.